The number of aliphatic hydroxyl groups excluding tert-OH is 1. The molecule has 18 heavy (non-hydrogen) atoms. The van der Waals surface area contributed by atoms with Gasteiger partial charge in [-0.15, -0.1) is 0 Å². The number of likely N-dealkylation sites (tertiary alicyclic amines) is 1. The van der Waals surface area contributed by atoms with Gasteiger partial charge in [0.1, 0.15) is 5.75 Å². The van der Waals surface area contributed by atoms with E-state index in [1.54, 1.807) is 19.2 Å². The van der Waals surface area contributed by atoms with E-state index in [9.17, 15) is 9.90 Å². The zero-order valence-electron chi connectivity index (χ0n) is 10.6. The van der Waals surface area contributed by atoms with E-state index in [1.165, 1.54) is 0 Å². The highest BCUT2D eigenvalue weighted by Gasteiger charge is 2.20. The number of ether oxygens (including phenoxy) is 1. The number of piperidine rings is 1. The van der Waals surface area contributed by atoms with Crippen LogP contribution < -0.4 is 4.74 Å². The van der Waals surface area contributed by atoms with Crippen molar-refractivity contribution >= 4 is 5.78 Å². The first-order valence-electron chi connectivity index (χ1n) is 6.26. The number of β-amino-alcohol motifs (C(OH)–C–C–N with tert-alkyl or cyclic N) is 1. The molecule has 0 aliphatic carbocycles. The van der Waals surface area contributed by atoms with Gasteiger partial charge in [-0.1, -0.05) is 12.1 Å². The van der Waals surface area contributed by atoms with Crippen LogP contribution in [-0.2, 0) is 0 Å². The molecule has 98 valence electrons. The molecule has 1 atom stereocenters. The highest BCUT2D eigenvalue weighted by atomic mass is 16.5. The second kappa shape index (κ2) is 5.98. The van der Waals surface area contributed by atoms with Crippen molar-refractivity contribution in [2.45, 2.75) is 18.9 Å². The van der Waals surface area contributed by atoms with E-state index < -0.39 is 0 Å². The van der Waals surface area contributed by atoms with Crippen molar-refractivity contribution in [3.63, 3.8) is 0 Å². The van der Waals surface area contributed by atoms with Crippen LogP contribution >= 0.6 is 0 Å². The average molecular weight is 249 g/mol. The predicted molar refractivity (Wildman–Crippen MR) is 69.0 cm³/mol. The van der Waals surface area contributed by atoms with Crippen molar-refractivity contribution < 1.29 is 14.6 Å². The number of nitrogens with zero attached hydrogens (tertiary/aromatic N) is 1. The van der Waals surface area contributed by atoms with E-state index in [-0.39, 0.29) is 11.9 Å². The van der Waals surface area contributed by atoms with Crippen molar-refractivity contribution in [2.24, 2.45) is 0 Å². The van der Waals surface area contributed by atoms with E-state index in [0.717, 1.165) is 19.4 Å². The number of carbonyl (C=O) groups is 1. The first-order chi connectivity index (χ1) is 8.69. The summed E-state index contributed by atoms with van der Waals surface area (Å²) in [4.78, 5) is 14.1. The van der Waals surface area contributed by atoms with Crippen LogP contribution in [0, 0.1) is 0 Å². The Balaban J connectivity index is 1.98. The van der Waals surface area contributed by atoms with Crippen molar-refractivity contribution in [2.75, 3.05) is 26.7 Å². The Kier molecular flexibility index (Phi) is 4.33. The lowest BCUT2D eigenvalue weighted by atomic mass is 10.1. The summed E-state index contributed by atoms with van der Waals surface area (Å²) in [5, 5.41) is 9.57. The van der Waals surface area contributed by atoms with Crippen LogP contribution in [-0.4, -0.2) is 48.6 Å². The van der Waals surface area contributed by atoms with Crippen molar-refractivity contribution in [3.05, 3.63) is 29.8 Å². The molecule has 0 radical (unpaired) electrons. The molecule has 0 bridgehead atoms. The zero-order chi connectivity index (χ0) is 13.0. The molecule has 0 spiro atoms. The lowest BCUT2D eigenvalue weighted by Crippen LogP contribution is -2.41. The number of hydrogen-bond donors (Lipinski definition) is 1. The van der Waals surface area contributed by atoms with E-state index in [2.05, 4.69) is 0 Å². The third-order valence-corrected chi connectivity index (χ3v) is 3.24. The zero-order valence-corrected chi connectivity index (χ0v) is 10.6. The second-order valence-corrected chi connectivity index (χ2v) is 4.69. The Labute approximate surface area is 107 Å². The SMILES string of the molecule is COc1cccc(C(=O)CN2CCCC(O)C2)c1. The minimum atomic E-state index is -0.295. The summed E-state index contributed by atoms with van der Waals surface area (Å²) in [6, 6.07) is 7.19. The number of Topliss-reactive ketones (excluding diaryl/α,β-unsaturated/α-hetero) is 1. The van der Waals surface area contributed by atoms with Crippen molar-refractivity contribution in [1.29, 1.82) is 0 Å². The molecule has 4 heteroatoms. The second-order valence-electron chi connectivity index (χ2n) is 4.69. The molecule has 1 saturated heterocycles. The van der Waals surface area contributed by atoms with Crippen LogP contribution in [0.25, 0.3) is 0 Å². The van der Waals surface area contributed by atoms with Crippen LogP contribution in [0.5, 0.6) is 5.75 Å². The number of methoxy groups -OCH3 is 1. The number of aliphatic hydroxyl groups is 1. The molecule has 0 saturated carbocycles. The maximum absolute atomic E-state index is 12.1. The number of hydrogen-bond acceptors (Lipinski definition) is 4. The number of carbonyl (C=O) groups excluding carboxylic acids is 1. The molecule has 1 aliphatic rings. The Morgan fingerprint density at radius 2 is 2.39 bits per heavy atom. The van der Waals surface area contributed by atoms with Gasteiger partial charge in [0.25, 0.3) is 0 Å². The number of ketones is 1. The molecule has 1 N–H and O–H groups in total. The van der Waals surface area contributed by atoms with Gasteiger partial charge in [0.05, 0.1) is 19.8 Å². The molecule has 0 aromatic heterocycles. The van der Waals surface area contributed by atoms with Crippen molar-refractivity contribution in [3.8, 4) is 5.75 Å². The normalized spacial score (nSPS) is 20.7. The van der Waals surface area contributed by atoms with Gasteiger partial charge in [0.15, 0.2) is 5.78 Å². The minimum absolute atomic E-state index is 0.0722. The largest absolute Gasteiger partial charge is 0.497 e. The van der Waals surface area contributed by atoms with Crippen molar-refractivity contribution in [1.82, 2.24) is 4.90 Å². The van der Waals surface area contributed by atoms with Gasteiger partial charge in [-0.25, -0.2) is 0 Å². The molecule has 0 amide bonds. The molecule has 1 aromatic carbocycles. The van der Waals surface area contributed by atoms with Gasteiger partial charge < -0.3 is 9.84 Å². The van der Waals surface area contributed by atoms with Gasteiger partial charge >= 0.3 is 0 Å². The van der Waals surface area contributed by atoms with E-state index in [4.69, 9.17) is 4.74 Å². The summed E-state index contributed by atoms with van der Waals surface area (Å²) in [6.07, 6.45) is 1.49. The van der Waals surface area contributed by atoms with Gasteiger partial charge in [-0.3, -0.25) is 9.69 Å². The quantitative estimate of drug-likeness (QED) is 0.818. The highest BCUT2D eigenvalue weighted by Crippen LogP contribution is 2.15. The van der Waals surface area contributed by atoms with Gasteiger partial charge in [-0.2, -0.15) is 0 Å². The predicted octanol–water partition coefficient (Wildman–Crippen LogP) is 1.33. The standard InChI is InChI=1S/C14H19NO3/c1-18-13-6-2-4-11(8-13)14(17)10-15-7-3-5-12(16)9-15/h2,4,6,8,12,16H,3,5,7,9-10H2,1H3. The van der Waals surface area contributed by atoms with E-state index >= 15 is 0 Å². The topological polar surface area (TPSA) is 49.8 Å². The van der Waals surface area contributed by atoms with E-state index in [1.807, 2.05) is 17.0 Å². The van der Waals surface area contributed by atoms with E-state index in [0.29, 0.717) is 24.4 Å². The Morgan fingerprint density at radius 1 is 1.56 bits per heavy atom. The molecule has 1 fully saturated rings. The first-order valence-corrected chi connectivity index (χ1v) is 6.26. The van der Waals surface area contributed by atoms with Gasteiger partial charge in [0, 0.05) is 12.1 Å². The molecule has 1 aromatic rings. The summed E-state index contributed by atoms with van der Waals surface area (Å²) in [5.41, 5.74) is 0.661. The lowest BCUT2D eigenvalue weighted by Gasteiger charge is -2.29. The Morgan fingerprint density at radius 3 is 3.11 bits per heavy atom. The van der Waals surface area contributed by atoms with Gasteiger partial charge in [-0.05, 0) is 31.5 Å². The number of benzene rings is 1. The van der Waals surface area contributed by atoms with Crippen LogP contribution in [0.2, 0.25) is 0 Å². The molecule has 1 heterocycles. The summed E-state index contributed by atoms with van der Waals surface area (Å²) in [6.45, 7) is 1.84. The molecule has 1 aliphatic heterocycles. The lowest BCUT2D eigenvalue weighted by molar-refractivity contribution is 0.0634. The summed E-state index contributed by atoms with van der Waals surface area (Å²) in [7, 11) is 1.59. The number of rotatable bonds is 4. The third kappa shape index (κ3) is 3.31. The monoisotopic (exact) mass is 249 g/mol. The molecular formula is C14H19NO3. The van der Waals surface area contributed by atoms with Crippen LogP contribution in [0.1, 0.15) is 23.2 Å². The summed E-state index contributed by atoms with van der Waals surface area (Å²) >= 11 is 0. The fourth-order valence-electron chi connectivity index (χ4n) is 2.27. The molecule has 4 nitrogen and oxygen atoms in total. The summed E-state index contributed by atoms with van der Waals surface area (Å²) < 4.78 is 5.11. The molecule has 1 unspecified atom stereocenters. The Hall–Kier alpha value is -1.39. The minimum Gasteiger partial charge on any atom is -0.497 e. The van der Waals surface area contributed by atoms with Crippen LogP contribution in [0.3, 0.4) is 0 Å². The maximum Gasteiger partial charge on any atom is 0.176 e. The smallest absolute Gasteiger partial charge is 0.176 e. The Bertz CT molecular complexity index is 419. The highest BCUT2D eigenvalue weighted by molar-refractivity contribution is 5.97. The van der Waals surface area contributed by atoms with Crippen LogP contribution in [0.15, 0.2) is 24.3 Å². The maximum atomic E-state index is 12.1. The fourth-order valence-corrected chi connectivity index (χ4v) is 2.27. The van der Waals surface area contributed by atoms with Gasteiger partial charge in [0.2, 0.25) is 0 Å². The molecule has 2 rings (SSSR count). The fraction of sp³-hybridized carbons (Fsp3) is 0.500. The summed E-state index contributed by atoms with van der Waals surface area (Å²) in [5.74, 6) is 0.766. The third-order valence-electron chi connectivity index (χ3n) is 3.24. The van der Waals surface area contributed by atoms with Crippen LogP contribution in [0.4, 0.5) is 0 Å². The molecular weight excluding hydrogens is 230 g/mol. The average Bonchev–Trinajstić information content (AvgIpc) is 2.39. The first kappa shape index (κ1) is 13.1.